The molecule has 0 heterocycles. The lowest BCUT2D eigenvalue weighted by Crippen LogP contribution is -2.18. The summed E-state index contributed by atoms with van der Waals surface area (Å²) in [6.45, 7) is 1.88. The van der Waals surface area contributed by atoms with Crippen LogP contribution in [0.25, 0.3) is 0 Å². The first kappa shape index (κ1) is 22.1. The Hall–Kier alpha value is -4.10. The van der Waals surface area contributed by atoms with Crippen LogP contribution in [0.5, 0.6) is 11.5 Å². The number of carbonyl (C=O) groups excluding carboxylic acids is 1. The Balaban J connectivity index is 1.48. The van der Waals surface area contributed by atoms with E-state index in [2.05, 4.69) is 10.0 Å². The van der Waals surface area contributed by atoms with E-state index in [0.717, 1.165) is 5.56 Å². The number of anilines is 2. The average molecular weight is 459 g/mol. The average Bonchev–Trinajstić information content (AvgIpc) is 2.81. The lowest BCUT2D eigenvalue weighted by atomic mass is 10.1. The maximum Gasteiger partial charge on any atom is 0.261 e. The van der Waals surface area contributed by atoms with Crippen LogP contribution in [-0.2, 0) is 10.0 Å². The van der Waals surface area contributed by atoms with Gasteiger partial charge in [0.05, 0.1) is 16.1 Å². The van der Waals surface area contributed by atoms with Gasteiger partial charge in [-0.25, -0.2) is 8.42 Å². The third-order valence-electron chi connectivity index (χ3n) is 4.84. The highest BCUT2D eigenvalue weighted by molar-refractivity contribution is 7.92. The van der Waals surface area contributed by atoms with Gasteiger partial charge in [-0.3, -0.25) is 9.52 Å². The Kier molecular flexibility index (Phi) is 6.42. The summed E-state index contributed by atoms with van der Waals surface area (Å²) < 4.78 is 33.8. The van der Waals surface area contributed by atoms with E-state index in [4.69, 9.17) is 4.74 Å². The van der Waals surface area contributed by atoms with Crippen molar-refractivity contribution >= 4 is 27.3 Å². The minimum Gasteiger partial charge on any atom is -0.457 e. The molecule has 33 heavy (non-hydrogen) atoms. The lowest BCUT2D eigenvalue weighted by Gasteiger charge is -2.13. The number of nitrogens with one attached hydrogen (secondary N) is 2. The SMILES string of the molecule is Cc1ccc(S(=O)(=O)Nc2ccccc2C(=O)Nc2ccc(Oc3ccccc3)cc2)cc1. The van der Waals surface area contributed by atoms with Gasteiger partial charge in [0.1, 0.15) is 11.5 Å². The molecule has 0 spiro atoms. The Morgan fingerprint density at radius 3 is 2.03 bits per heavy atom. The van der Waals surface area contributed by atoms with Crippen molar-refractivity contribution in [1.82, 2.24) is 0 Å². The molecule has 0 aromatic heterocycles. The molecule has 7 heteroatoms. The van der Waals surface area contributed by atoms with Crippen LogP contribution in [-0.4, -0.2) is 14.3 Å². The van der Waals surface area contributed by atoms with Crippen LogP contribution in [0.15, 0.2) is 108 Å². The van der Waals surface area contributed by atoms with Gasteiger partial charge in [0.2, 0.25) is 0 Å². The van der Waals surface area contributed by atoms with Gasteiger partial charge in [0.25, 0.3) is 15.9 Å². The van der Waals surface area contributed by atoms with Gasteiger partial charge in [-0.1, -0.05) is 48.0 Å². The van der Waals surface area contributed by atoms with Crippen molar-refractivity contribution in [3.05, 3.63) is 114 Å². The molecule has 166 valence electrons. The normalized spacial score (nSPS) is 10.9. The first-order valence-electron chi connectivity index (χ1n) is 10.2. The fourth-order valence-electron chi connectivity index (χ4n) is 3.12. The van der Waals surface area contributed by atoms with Crippen LogP contribution >= 0.6 is 0 Å². The molecule has 1 amide bonds. The number of carbonyl (C=O) groups is 1. The summed E-state index contributed by atoms with van der Waals surface area (Å²) in [4.78, 5) is 13.0. The Bertz CT molecular complexity index is 1350. The van der Waals surface area contributed by atoms with Crippen molar-refractivity contribution in [2.75, 3.05) is 10.0 Å². The summed E-state index contributed by atoms with van der Waals surface area (Å²) in [5.41, 5.74) is 1.91. The number of ether oxygens (including phenoxy) is 1. The van der Waals surface area contributed by atoms with Crippen molar-refractivity contribution in [2.45, 2.75) is 11.8 Å². The van der Waals surface area contributed by atoms with E-state index in [1.807, 2.05) is 37.3 Å². The minimum absolute atomic E-state index is 0.123. The number of hydrogen-bond acceptors (Lipinski definition) is 4. The first-order valence-corrected chi connectivity index (χ1v) is 11.7. The van der Waals surface area contributed by atoms with Gasteiger partial charge in [-0.2, -0.15) is 0 Å². The number of aryl methyl sites for hydroxylation is 1. The Morgan fingerprint density at radius 2 is 1.33 bits per heavy atom. The largest absolute Gasteiger partial charge is 0.457 e. The quantitative estimate of drug-likeness (QED) is 0.364. The number of amides is 1. The standard InChI is InChI=1S/C26H22N2O4S/c1-19-11-17-23(18-12-19)33(30,31)28-25-10-6-5-9-24(25)26(29)27-20-13-15-22(16-14-20)32-21-7-3-2-4-8-21/h2-18,28H,1H3,(H,27,29). The second kappa shape index (κ2) is 9.58. The molecular formula is C26H22N2O4S. The Labute approximate surface area is 192 Å². The number of benzene rings is 4. The maximum atomic E-state index is 12.9. The zero-order valence-electron chi connectivity index (χ0n) is 17.9. The molecule has 0 atom stereocenters. The molecule has 6 nitrogen and oxygen atoms in total. The molecule has 0 saturated carbocycles. The zero-order valence-corrected chi connectivity index (χ0v) is 18.7. The van der Waals surface area contributed by atoms with Gasteiger partial charge >= 0.3 is 0 Å². The highest BCUT2D eigenvalue weighted by atomic mass is 32.2. The lowest BCUT2D eigenvalue weighted by molar-refractivity contribution is 0.102. The molecule has 0 bridgehead atoms. The second-order valence-corrected chi connectivity index (χ2v) is 9.04. The number of hydrogen-bond donors (Lipinski definition) is 2. The van der Waals surface area contributed by atoms with Gasteiger partial charge in [0.15, 0.2) is 0 Å². The summed E-state index contributed by atoms with van der Waals surface area (Å²) >= 11 is 0. The third-order valence-corrected chi connectivity index (χ3v) is 6.22. The molecule has 0 radical (unpaired) electrons. The smallest absolute Gasteiger partial charge is 0.261 e. The number of rotatable bonds is 7. The summed E-state index contributed by atoms with van der Waals surface area (Å²) in [5, 5.41) is 2.79. The molecule has 4 aromatic carbocycles. The third kappa shape index (κ3) is 5.58. The van der Waals surface area contributed by atoms with Gasteiger partial charge in [-0.05, 0) is 67.6 Å². The van der Waals surface area contributed by atoms with Crippen molar-refractivity contribution in [3.63, 3.8) is 0 Å². The second-order valence-electron chi connectivity index (χ2n) is 7.36. The van der Waals surface area contributed by atoms with Crippen molar-refractivity contribution < 1.29 is 17.9 Å². The van der Waals surface area contributed by atoms with E-state index in [-0.39, 0.29) is 16.1 Å². The van der Waals surface area contributed by atoms with E-state index >= 15 is 0 Å². The maximum absolute atomic E-state index is 12.9. The summed E-state index contributed by atoms with van der Waals surface area (Å²) in [5.74, 6) is 0.906. The predicted octanol–water partition coefficient (Wildman–Crippen LogP) is 5.84. The van der Waals surface area contributed by atoms with E-state index in [1.54, 1.807) is 60.7 Å². The first-order chi connectivity index (χ1) is 15.9. The molecule has 4 rings (SSSR count). The van der Waals surface area contributed by atoms with Crippen molar-refractivity contribution in [2.24, 2.45) is 0 Å². The fourth-order valence-corrected chi connectivity index (χ4v) is 4.20. The molecule has 2 N–H and O–H groups in total. The van der Waals surface area contributed by atoms with Crippen LogP contribution < -0.4 is 14.8 Å². The monoisotopic (exact) mass is 458 g/mol. The molecule has 4 aromatic rings. The minimum atomic E-state index is -3.84. The van der Waals surface area contributed by atoms with Crippen LogP contribution in [0, 0.1) is 6.92 Å². The van der Waals surface area contributed by atoms with Gasteiger partial charge in [-0.15, -0.1) is 0 Å². The van der Waals surface area contributed by atoms with Crippen LogP contribution in [0.1, 0.15) is 15.9 Å². The fraction of sp³-hybridized carbons (Fsp3) is 0.0385. The molecular weight excluding hydrogens is 436 g/mol. The highest BCUT2D eigenvalue weighted by Crippen LogP contribution is 2.25. The van der Waals surface area contributed by atoms with Gasteiger partial charge < -0.3 is 10.1 Å². The molecule has 0 aliphatic heterocycles. The van der Waals surface area contributed by atoms with Crippen molar-refractivity contribution in [1.29, 1.82) is 0 Å². The summed E-state index contributed by atoms with van der Waals surface area (Å²) in [7, 11) is -3.84. The van der Waals surface area contributed by atoms with E-state index in [9.17, 15) is 13.2 Å². The van der Waals surface area contributed by atoms with Crippen LogP contribution in [0.3, 0.4) is 0 Å². The van der Waals surface area contributed by atoms with E-state index in [1.165, 1.54) is 12.1 Å². The Morgan fingerprint density at radius 1 is 0.727 bits per heavy atom. The number of sulfonamides is 1. The molecule has 0 unspecified atom stereocenters. The zero-order chi connectivity index (χ0) is 23.3. The molecule has 0 fully saturated rings. The predicted molar refractivity (Wildman–Crippen MR) is 129 cm³/mol. The highest BCUT2D eigenvalue weighted by Gasteiger charge is 2.18. The molecule has 0 aliphatic carbocycles. The number of para-hydroxylation sites is 2. The van der Waals surface area contributed by atoms with E-state index < -0.39 is 15.9 Å². The summed E-state index contributed by atoms with van der Waals surface area (Å²) in [6.07, 6.45) is 0. The van der Waals surface area contributed by atoms with E-state index in [0.29, 0.717) is 17.2 Å². The topological polar surface area (TPSA) is 84.5 Å². The summed E-state index contributed by atoms with van der Waals surface area (Å²) in [6, 6.07) is 29.3. The molecule has 0 saturated heterocycles. The molecule has 0 aliphatic rings. The van der Waals surface area contributed by atoms with Gasteiger partial charge in [0, 0.05) is 5.69 Å². The van der Waals surface area contributed by atoms with Crippen LogP contribution in [0.2, 0.25) is 0 Å². The van der Waals surface area contributed by atoms with Crippen molar-refractivity contribution in [3.8, 4) is 11.5 Å². The van der Waals surface area contributed by atoms with Crippen LogP contribution in [0.4, 0.5) is 11.4 Å².